The first kappa shape index (κ1) is 12.0. The van der Waals surface area contributed by atoms with Gasteiger partial charge in [0, 0.05) is 0 Å². The fourth-order valence-electron chi connectivity index (χ4n) is 1.86. The van der Waals surface area contributed by atoms with Crippen molar-refractivity contribution in [3.05, 3.63) is 0 Å². The highest BCUT2D eigenvalue weighted by atomic mass is 32.2. The summed E-state index contributed by atoms with van der Waals surface area (Å²) in [6.45, 7) is 9.94. The van der Waals surface area contributed by atoms with E-state index >= 15 is 0 Å². The molecule has 0 spiro atoms. The van der Waals surface area contributed by atoms with Crippen LogP contribution in [0.25, 0.3) is 0 Å². The SMILES string of the molecule is CCCC1([Si](C)(C)C)SCCCS1. The summed E-state index contributed by atoms with van der Waals surface area (Å²) in [4.78, 5) is 0. The summed E-state index contributed by atoms with van der Waals surface area (Å²) < 4.78 is 0.639. The van der Waals surface area contributed by atoms with Crippen LogP contribution in [0.3, 0.4) is 0 Å². The third-order valence-electron chi connectivity index (χ3n) is 2.68. The zero-order valence-electron chi connectivity index (χ0n) is 9.35. The summed E-state index contributed by atoms with van der Waals surface area (Å²) in [5.41, 5.74) is 0. The fourth-order valence-corrected chi connectivity index (χ4v) is 9.88. The molecule has 0 bridgehead atoms. The molecule has 0 aliphatic carbocycles. The van der Waals surface area contributed by atoms with Gasteiger partial charge in [0.2, 0.25) is 0 Å². The molecule has 0 aromatic carbocycles. The lowest BCUT2D eigenvalue weighted by Crippen LogP contribution is -2.48. The first-order valence-electron chi connectivity index (χ1n) is 5.30. The quantitative estimate of drug-likeness (QED) is 0.670. The van der Waals surface area contributed by atoms with Crippen LogP contribution >= 0.6 is 23.5 Å². The molecular formula is C10H22S2Si. The van der Waals surface area contributed by atoms with E-state index in [1.807, 2.05) is 0 Å². The van der Waals surface area contributed by atoms with Gasteiger partial charge in [-0.25, -0.2) is 0 Å². The number of rotatable bonds is 3. The highest BCUT2D eigenvalue weighted by Crippen LogP contribution is 2.51. The minimum Gasteiger partial charge on any atom is -0.148 e. The molecule has 0 saturated carbocycles. The van der Waals surface area contributed by atoms with Gasteiger partial charge in [-0.05, 0) is 24.3 Å². The summed E-state index contributed by atoms with van der Waals surface area (Å²) >= 11 is 4.53. The molecule has 0 aromatic rings. The third kappa shape index (κ3) is 2.69. The zero-order chi connectivity index (χ0) is 9.95. The maximum absolute atomic E-state index is 2.54. The molecule has 1 heterocycles. The van der Waals surface area contributed by atoms with Gasteiger partial charge in [0.25, 0.3) is 0 Å². The topological polar surface area (TPSA) is 0 Å². The minimum absolute atomic E-state index is 0.639. The van der Waals surface area contributed by atoms with Crippen molar-refractivity contribution in [3.63, 3.8) is 0 Å². The molecular weight excluding hydrogens is 212 g/mol. The second-order valence-electron chi connectivity index (χ2n) is 4.80. The molecule has 0 aromatic heterocycles. The van der Waals surface area contributed by atoms with Crippen LogP contribution in [0.1, 0.15) is 26.2 Å². The van der Waals surface area contributed by atoms with Crippen molar-refractivity contribution < 1.29 is 0 Å². The monoisotopic (exact) mass is 234 g/mol. The summed E-state index contributed by atoms with van der Waals surface area (Å²) in [6.07, 6.45) is 4.20. The molecule has 1 fully saturated rings. The van der Waals surface area contributed by atoms with Crippen LogP contribution in [0.15, 0.2) is 0 Å². The van der Waals surface area contributed by atoms with Gasteiger partial charge in [-0.2, -0.15) is 0 Å². The van der Waals surface area contributed by atoms with E-state index in [9.17, 15) is 0 Å². The second kappa shape index (κ2) is 4.62. The van der Waals surface area contributed by atoms with Crippen molar-refractivity contribution >= 4 is 31.6 Å². The standard InChI is InChI=1S/C10H22S2Si/c1-5-7-10(13(2,3)4)11-8-6-9-12-10/h5-9H2,1-4H3. The van der Waals surface area contributed by atoms with Crippen LogP contribution in [-0.4, -0.2) is 23.3 Å². The highest BCUT2D eigenvalue weighted by molar-refractivity contribution is 8.21. The van der Waals surface area contributed by atoms with E-state index in [1.165, 1.54) is 30.8 Å². The summed E-state index contributed by atoms with van der Waals surface area (Å²) in [5, 5.41) is 0. The molecule has 0 unspecified atom stereocenters. The van der Waals surface area contributed by atoms with E-state index in [-0.39, 0.29) is 0 Å². The van der Waals surface area contributed by atoms with E-state index < -0.39 is 8.07 Å². The molecule has 1 saturated heterocycles. The van der Waals surface area contributed by atoms with Crippen molar-refractivity contribution in [2.24, 2.45) is 0 Å². The van der Waals surface area contributed by atoms with Gasteiger partial charge in [0.05, 0.1) is 11.8 Å². The van der Waals surface area contributed by atoms with Crippen LogP contribution in [0, 0.1) is 0 Å². The Balaban J connectivity index is 2.73. The van der Waals surface area contributed by atoms with Crippen molar-refractivity contribution in [3.8, 4) is 0 Å². The Morgan fingerprint density at radius 1 is 1.15 bits per heavy atom. The third-order valence-corrected chi connectivity index (χ3v) is 12.8. The average molecular weight is 235 g/mol. The van der Waals surface area contributed by atoms with Gasteiger partial charge in [-0.3, -0.25) is 0 Å². The van der Waals surface area contributed by atoms with Crippen LogP contribution in [0.5, 0.6) is 0 Å². The van der Waals surface area contributed by atoms with E-state index in [4.69, 9.17) is 0 Å². The zero-order valence-corrected chi connectivity index (χ0v) is 12.0. The molecule has 0 N–H and O–H groups in total. The second-order valence-corrected chi connectivity index (χ2v) is 13.9. The Hall–Kier alpha value is 0.917. The fraction of sp³-hybridized carbons (Fsp3) is 1.00. The van der Waals surface area contributed by atoms with Crippen molar-refractivity contribution in [2.45, 2.75) is 49.5 Å². The van der Waals surface area contributed by atoms with E-state index in [2.05, 4.69) is 50.1 Å². The Morgan fingerprint density at radius 2 is 1.69 bits per heavy atom. The summed E-state index contributed by atoms with van der Waals surface area (Å²) in [5.74, 6) is 2.80. The van der Waals surface area contributed by atoms with Crippen molar-refractivity contribution in [2.75, 3.05) is 11.5 Å². The molecule has 0 nitrogen and oxygen atoms in total. The van der Waals surface area contributed by atoms with Crippen LogP contribution in [0.4, 0.5) is 0 Å². The Bertz CT molecular complexity index is 151. The van der Waals surface area contributed by atoms with Gasteiger partial charge >= 0.3 is 0 Å². The highest BCUT2D eigenvalue weighted by Gasteiger charge is 2.44. The van der Waals surface area contributed by atoms with E-state index in [0.29, 0.717) is 3.70 Å². The minimum atomic E-state index is -1.00. The molecule has 1 rings (SSSR count). The van der Waals surface area contributed by atoms with Crippen LogP contribution in [-0.2, 0) is 0 Å². The Kier molecular flexibility index (Phi) is 4.26. The van der Waals surface area contributed by atoms with Crippen molar-refractivity contribution in [1.82, 2.24) is 0 Å². The molecule has 0 radical (unpaired) electrons. The number of hydrogen-bond donors (Lipinski definition) is 0. The predicted molar refractivity (Wildman–Crippen MR) is 70.5 cm³/mol. The molecule has 78 valence electrons. The van der Waals surface area contributed by atoms with Crippen molar-refractivity contribution in [1.29, 1.82) is 0 Å². The Morgan fingerprint density at radius 3 is 2.08 bits per heavy atom. The molecule has 1 aliphatic rings. The Labute approximate surface area is 92.6 Å². The molecule has 3 heteroatoms. The summed E-state index contributed by atoms with van der Waals surface area (Å²) in [6, 6.07) is 0. The van der Waals surface area contributed by atoms with Gasteiger partial charge in [0.15, 0.2) is 0 Å². The predicted octanol–water partition coefficient (Wildman–Crippen LogP) is 4.23. The smallest absolute Gasteiger partial charge is 0.0752 e. The molecule has 0 atom stereocenters. The maximum atomic E-state index is 2.54. The van der Waals surface area contributed by atoms with Crippen LogP contribution < -0.4 is 0 Å². The number of thioether (sulfide) groups is 2. The van der Waals surface area contributed by atoms with E-state index in [0.717, 1.165) is 0 Å². The lowest BCUT2D eigenvalue weighted by Gasteiger charge is -2.45. The molecule has 13 heavy (non-hydrogen) atoms. The largest absolute Gasteiger partial charge is 0.148 e. The lowest BCUT2D eigenvalue weighted by atomic mass is 10.4. The van der Waals surface area contributed by atoms with Crippen LogP contribution in [0.2, 0.25) is 19.6 Å². The summed E-state index contributed by atoms with van der Waals surface area (Å²) in [7, 11) is -1.00. The molecule has 0 amide bonds. The van der Waals surface area contributed by atoms with E-state index in [1.54, 1.807) is 0 Å². The molecule has 1 aliphatic heterocycles. The van der Waals surface area contributed by atoms with Gasteiger partial charge < -0.3 is 0 Å². The first-order chi connectivity index (χ1) is 6.02. The average Bonchev–Trinajstić information content (AvgIpc) is 2.04. The number of hydrogen-bond acceptors (Lipinski definition) is 2. The van der Waals surface area contributed by atoms with Gasteiger partial charge in [0.1, 0.15) is 0 Å². The first-order valence-corrected chi connectivity index (χ1v) is 10.8. The van der Waals surface area contributed by atoms with Gasteiger partial charge in [-0.1, -0.05) is 33.0 Å². The lowest BCUT2D eigenvalue weighted by molar-refractivity contribution is 0.808. The normalized spacial score (nSPS) is 23.1. The van der Waals surface area contributed by atoms with Gasteiger partial charge in [-0.15, -0.1) is 23.5 Å². The maximum Gasteiger partial charge on any atom is 0.0752 e.